The summed E-state index contributed by atoms with van der Waals surface area (Å²) >= 11 is 0. The van der Waals surface area contributed by atoms with E-state index in [9.17, 15) is 9.90 Å². The van der Waals surface area contributed by atoms with E-state index in [1.165, 1.54) is 44.1 Å². The number of amides is 1. The van der Waals surface area contributed by atoms with Gasteiger partial charge in [-0.3, -0.25) is 14.6 Å². The molecule has 188 valence electrons. The summed E-state index contributed by atoms with van der Waals surface area (Å²) in [7, 11) is 0. The number of phenols is 1. The van der Waals surface area contributed by atoms with Crippen molar-refractivity contribution in [3.8, 4) is 5.75 Å². The quantitative estimate of drug-likeness (QED) is 0.543. The van der Waals surface area contributed by atoms with Crippen LogP contribution >= 0.6 is 0 Å². The van der Waals surface area contributed by atoms with Crippen LogP contribution in [0.2, 0.25) is 0 Å². The third-order valence-corrected chi connectivity index (χ3v) is 10.3. The number of carbonyl (C=O) groups is 1. The van der Waals surface area contributed by atoms with Gasteiger partial charge in [-0.2, -0.15) is 0 Å². The predicted molar refractivity (Wildman–Crippen MR) is 141 cm³/mol. The second-order valence-corrected chi connectivity index (χ2v) is 11.7. The number of aromatic hydroxyl groups is 1. The van der Waals surface area contributed by atoms with E-state index in [4.69, 9.17) is 0 Å². The summed E-state index contributed by atoms with van der Waals surface area (Å²) in [6.45, 7) is 5.02. The maximum absolute atomic E-state index is 12.9. The molecule has 1 spiro atoms. The molecule has 7 rings (SSSR count). The maximum atomic E-state index is 12.9. The Labute approximate surface area is 214 Å². The van der Waals surface area contributed by atoms with Crippen LogP contribution in [0.25, 0.3) is 0 Å². The molecule has 5 atom stereocenters. The molecule has 2 aromatic carbocycles. The van der Waals surface area contributed by atoms with E-state index in [0.29, 0.717) is 41.4 Å². The molecule has 2 saturated heterocycles. The average Bonchev–Trinajstić information content (AvgIpc) is 3.57. The Kier molecular flexibility index (Phi) is 5.30. The van der Waals surface area contributed by atoms with Crippen LogP contribution < -0.4 is 5.32 Å². The van der Waals surface area contributed by atoms with Gasteiger partial charge in [0.2, 0.25) is 0 Å². The van der Waals surface area contributed by atoms with Gasteiger partial charge in [-0.1, -0.05) is 43.2 Å². The van der Waals surface area contributed by atoms with E-state index >= 15 is 0 Å². The minimum absolute atomic E-state index is 0.0410. The van der Waals surface area contributed by atoms with Crippen molar-refractivity contribution in [2.75, 3.05) is 6.54 Å². The fourth-order valence-electron chi connectivity index (χ4n) is 9.11. The number of benzene rings is 2. The van der Waals surface area contributed by atoms with Crippen molar-refractivity contribution in [2.24, 2.45) is 5.41 Å². The second kappa shape index (κ2) is 8.46. The van der Waals surface area contributed by atoms with E-state index in [1.54, 1.807) is 6.07 Å². The number of hydrogen-bond acceptors (Lipinski definition) is 4. The van der Waals surface area contributed by atoms with Gasteiger partial charge < -0.3 is 10.4 Å². The summed E-state index contributed by atoms with van der Waals surface area (Å²) in [5.41, 5.74) is 3.53. The van der Waals surface area contributed by atoms with E-state index in [1.807, 2.05) is 24.3 Å². The number of phenolic OH excluding ortho intramolecular Hbond substituents is 1. The van der Waals surface area contributed by atoms with Crippen LogP contribution in [0, 0.1) is 5.41 Å². The highest BCUT2D eigenvalue weighted by molar-refractivity contribution is 5.94. The minimum atomic E-state index is 0.0410. The molecule has 3 aliphatic carbocycles. The molecular weight excluding hydrogens is 446 g/mol. The predicted octanol–water partition coefficient (Wildman–Crippen LogP) is 5.02. The maximum Gasteiger partial charge on any atom is 0.251 e. The van der Waals surface area contributed by atoms with Gasteiger partial charge in [0.05, 0.1) is 6.04 Å². The normalized spacial score (nSPS) is 33.9. The number of nitrogens with one attached hydrogen (secondary N) is 1. The zero-order valence-electron chi connectivity index (χ0n) is 21.0. The zero-order valence-corrected chi connectivity index (χ0v) is 21.0. The first-order valence-electron chi connectivity index (χ1n) is 14.0. The number of rotatable bonds is 7. The van der Waals surface area contributed by atoms with Crippen LogP contribution in [0.3, 0.4) is 0 Å². The number of hydrogen-bond donors (Lipinski definition) is 2. The van der Waals surface area contributed by atoms with Crippen LogP contribution in [0.5, 0.6) is 5.75 Å². The summed E-state index contributed by atoms with van der Waals surface area (Å²) < 4.78 is 0. The lowest BCUT2D eigenvalue weighted by Crippen LogP contribution is -2.83. The van der Waals surface area contributed by atoms with Crippen molar-refractivity contribution < 1.29 is 9.90 Å². The molecule has 2 N–H and O–H groups in total. The Bertz CT molecular complexity index is 1140. The Hall–Kier alpha value is -2.63. The van der Waals surface area contributed by atoms with Crippen LogP contribution in [0.15, 0.2) is 61.2 Å². The minimum Gasteiger partial charge on any atom is -0.508 e. The van der Waals surface area contributed by atoms with Gasteiger partial charge in [-0.05, 0) is 73.9 Å². The Morgan fingerprint density at radius 1 is 0.972 bits per heavy atom. The molecule has 0 radical (unpaired) electrons. The summed E-state index contributed by atoms with van der Waals surface area (Å²) in [6, 6.07) is 19.0. The molecule has 2 aromatic rings. The van der Waals surface area contributed by atoms with Gasteiger partial charge in [0, 0.05) is 47.7 Å². The third-order valence-electron chi connectivity index (χ3n) is 10.3. The molecule has 0 aromatic heterocycles. The molecule has 5 nitrogen and oxygen atoms in total. The van der Waals surface area contributed by atoms with Crippen LogP contribution in [0.1, 0.15) is 78.9 Å². The zero-order chi connectivity index (χ0) is 24.4. The van der Waals surface area contributed by atoms with Crippen molar-refractivity contribution in [3.63, 3.8) is 0 Å². The standard InChI is InChI=1S/C31H37N3O2/c1-2-18-33-25-14-16-27-31(25)26(33)15-17-28(31)34(27)29(22-6-5-9-24(35)19-22)20-10-12-21(13-11-20)30(36)32-23-7-3-4-8-23/h2,5-6,9-13,19,23,25-29,35H,1,3-4,7-8,14-18H2,(H,32,36). The highest BCUT2D eigenvalue weighted by Crippen LogP contribution is 2.72. The Balaban J connectivity index is 1.20. The topological polar surface area (TPSA) is 55.8 Å². The number of likely N-dealkylation sites (tertiary alicyclic amines) is 2. The van der Waals surface area contributed by atoms with E-state index < -0.39 is 0 Å². The molecule has 5 heteroatoms. The molecule has 1 amide bonds. The SMILES string of the molecule is C=CCN1C2CCC3N(C(c4ccc(C(=O)NC5CCCC5)cc4)c4cccc(O)c4)C4CCC1C234. The first-order valence-corrected chi connectivity index (χ1v) is 14.0. The molecule has 3 saturated carbocycles. The van der Waals surface area contributed by atoms with Gasteiger partial charge in [-0.25, -0.2) is 0 Å². The fourth-order valence-corrected chi connectivity index (χ4v) is 9.11. The van der Waals surface area contributed by atoms with E-state index in [-0.39, 0.29) is 11.9 Å². The molecule has 36 heavy (non-hydrogen) atoms. The van der Waals surface area contributed by atoms with Crippen molar-refractivity contribution in [1.29, 1.82) is 0 Å². The molecule has 5 unspecified atom stereocenters. The lowest BCUT2D eigenvalue weighted by Gasteiger charge is -2.72. The van der Waals surface area contributed by atoms with Gasteiger partial charge in [0.25, 0.3) is 5.91 Å². The summed E-state index contributed by atoms with van der Waals surface area (Å²) in [4.78, 5) is 18.3. The summed E-state index contributed by atoms with van der Waals surface area (Å²) in [6.07, 6.45) is 11.7. The lowest BCUT2D eigenvalue weighted by molar-refractivity contribution is -0.235. The van der Waals surface area contributed by atoms with Crippen molar-refractivity contribution in [2.45, 2.75) is 87.6 Å². The molecule has 2 aliphatic heterocycles. The first-order chi connectivity index (χ1) is 17.6. The largest absolute Gasteiger partial charge is 0.508 e. The van der Waals surface area contributed by atoms with Gasteiger partial charge in [-0.15, -0.1) is 6.58 Å². The smallest absolute Gasteiger partial charge is 0.251 e. The van der Waals surface area contributed by atoms with Crippen LogP contribution in [-0.2, 0) is 0 Å². The van der Waals surface area contributed by atoms with Crippen molar-refractivity contribution in [3.05, 3.63) is 77.9 Å². The molecule has 5 aliphatic rings. The molecule has 2 heterocycles. The molecule has 5 fully saturated rings. The number of carbonyl (C=O) groups excluding carboxylic acids is 1. The second-order valence-electron chi connectivity index (χ2n) is 11.7. The van der Waals surface area contributed by atoms with Gasteiger partial charge in [0.1, 0.15) is 5.75 Å². The lowest BCUT2D eigenvalue weighted by atomic mass is 9.56. The Morgan fingerprint density at radius 3 is 2.28 bits per heavy atom. The van der Waals surface area contributed by atoms with Gasteiger partial charge in [0.15, 0.2) is 0 Å². The summed E-state index contributed by atoms with van der Waals surface area (Å²) in [5.74, 6) is 0.356. The average molecular weight is 484 g/mol. The van der Waals surface area contributed by atoms with Crippen LogP contribution in [-0.4, -0.2) is 57.6 Å². The van der Waals surface area contributed by atoms with E-state index in [0.717, 1.165) is 30.5 Å². The fraction of sp³-hybridized carbons (Fsp3) is 0.516. The highest BCUT2D eigenvalue weighted by atomic mass is 16.3. The Morgan fingerprint density at radius 2 is 1.64 bits per heavy atom. The van der Waals surface area contributed by atoms with Crippen molar-refractivity contribution >= 4 is 5.91 Å². The summed E-state index contributed by atoms with van der Waals surface area (Å²) in [5, 5.41) is 13.6. The number of nitrogens with zero attached hydrogens (tertiary/aromatic N) is 2. The van der Waals surface area contributed by atoms with E-state index in [2.05, 4.69) is 46.0 Å². The van der Waals surface area contributed by atoms with Crippen molar-refractivity contribution in [1.82, 2.24) is 15.1 Å². The third kappa shape index (κ3) is 3.05. The monoisotopic (exact) mass is 483 g/mol. The van der Waals surface area contributed by atoms with Gasteiger partial charge >= 0.3 is 0 Å². The molecule has 0 bridgehead atoms. The van der Waals surface area contributed by atoms with Crippen LogP contribution in [0.4, 0.5) is 0 Å². The molecular formula is C31H37N3O2. The highest BCUT2D eigenvalue weighted by Gasteiger charge is 2.80. The first kappa shape index (κ1) is 22.6.